The summed E-state index contributed by atoms with van der Waals surface area (Å²) in [6, 6.07) is 9.54. The van der Waals surface area contributed by atoms with Gasteiger partial charge < -0.3 is 19.2 Å². The molecule has 1 aromatic carbocycles. The second-order valence-electron chi connectivity index (χ2n) is 13.4. The number of benzene rings is 1. The highest BCUT2D eigenvalue weighted by atomic mass is 16.6. The second-order valence-corrected chi connectivity index (χ2v) is 13.4. The van der Waals surface area contributed by atoms with Crippen LogP contribution in [0, 0.1) is 11.8 Å². The highest BCUT2D eigenvalue weighted by Crippen LogP contribution is 2.46. The molecule has 3 heterocycles. The molecule has 0 spiro atoms. The van der Waals surface area contributed by atoms with Gasteiger partial charge >= 0.3 is 5.97 Å². The first kappa shape index (κ1) is 30.3. The van der Waals surface area contributed by atoms with Crippen molar-refractivity contribution in [3.05, 3.63) is 40.3 Å². The molecule has 4 atom stereocenters. The van der Waals surface area contributed by atoms with E-state index in [1.54, 1.807) is 7.11 Å². The van der Waals surface area contributed by atoms with Crippen molar-refractivity contribution in [2.75, 3.05) is 20.3 Å². The van der Waals surface area contributed by atoms with E-state index in [4.69, 9.17) is 14.6 Å². The number of fused-ring (bicyclic) bond motifs is 5. The number of ether oxygens (including phenoxy) is 1. The fraction of sp³-hybridized carbons (Fsp3) is 0.706. The van der Waals surface area contributed by atoms with Crippen LogP contribution in [0.4, 0.5) is 0 Å². The number of para-hydroxylation sites is 2. The Labute approximate surface area is 254 Å². The zero-order valence-corrected chi connectivity index (χ0v) is 25.7. The van der Waals surface area contributed by atoms with Gasteiger partial charge in [-0.15, -0.1) is 0 Å². The Bertz CT molecular complexity index is 1330. The molecular formula is C34H48N4O5. The minimum atomic E-state index is -0.955. The molecule has 4 bridgehead atoms. The van der Waals surface area contributed by atoms with Gasteiger partial charge in [0, 0.05) is 37.7 Å². The third kappa shape index (κ3) is 6.83. The summed E-state index contributed by atoms with van der Waals surface area (Å²) in [4.78, 5) is 38.9. The van der Waals surface area contributed by atoms with Crippen molar-refractivity contribution in [3.8, 4) is 0 Å². The summed E-state index contributed by atoms with van der Waals surface area (Å²) in [5.74, 6) is 0.807. The van der Waals surface area contributed by atoms with Crippen molar-refractivity contribution in [3.63, 3.8) is 0 Å². The van der Waals surface area contributed by atoms with Crippen LogP contribution < -0.4 is 5.56 Å². The van der Waals surface area contributed by atoms with Gasteiger partial charge in [0.25, 0.3) is 5.56 Å². The van der Waals surface area contributed by atoms with Crippen LogP contribution in [0.15, 0.2) is 34.2 Å². The van der Waals surface area contributed by atoms with Gasteiger partial charge in [-0.25, -0.2) is 4.98 Å². The molecule has 234 valence electrons. The van der Waals surface area contributed by atoms with Crippen LogP contribution in [0.1, 0.15) is 108 Å². The van der Waals surface area contributed by atoms with Crippen molar-refractivity contribution in [1.82, 2.24) is 14.5 Å². The van der Waals surface area contributed by atoms with E-state index in [-0.39, 0.29) is 42.5 Å². The standard InChI is InChI=1S/C34H48N4O5/c1-42-16-17-43-36-30(14-15-32(39)40)33-34(41)38(31-13-6-5-12-29(31)35-33)28-21-25-10-7-11-26(22-28)37(25)27-19-23-8-3-2-4-9-24(18-23)20-27/h5-6,12-13,23-28H,2-4,7-11,14-22H2,1H3,(H,39,40)/b36-30+. The van der Waals surface area contributed by atoms with Crippen LogP contribution in [0.3, 0.4) is 0 Å². The molecule has 2 aliphatic carbocycles. The van der Waals surface area contributed by atoms with E-state index in [0.29, 0.717) is 24.7 Å². The van der Waals surface area contributed by atoms with Gasteiger partial charge in [0.1, 0.15) is 12.3 Å². The third-order valence-electron chi connectivity index (χ3n) is 10.6. The molecule has 9 nitrogen and oxygen atoms in total. The number of piperidine rings is 2. The number of carboxylic acid groups (broad SMARTS) is 1. The molecule has 1 N–H and O–H groups in total. The first-order valence-corrected chi connectivity index (χ1v) is 16.7. The molecule has 1 aromatic heterocycles. The van der Waals surface area contributed by atoms with Crippen LogP contribution >= 0.6 is 0 Å². The summed E-state index contributed by atoms with van der Waals surface area (Å²) in [5, 5.41) is 13.6. The van der Waals surface area contributed by atoms with Crippen molar-refractivity contribution < 1.29 is 19.5 Å². The van der Waals surface area contributed by atoms with Gasteiger partial charge in [-0.05, 0) is 68.9 Å². The number of hydrogen-bond acceptors (Lipinski definition) is 7. The highest BCUT2D eigenvalue weighted by molar-refractivity contribution is 6.00. The Kier molecular flexibility index (Phi) is 9.77. The molecular weight excluding hydrogens is 544 g/mol. The summed E-state index contributed by atoms with van der Waals surface area (Å²) in [6.07, 6.45) is 16.6. The maximum atomic E-state index is 14.3. The Hall–Kier alpha value is -2.78. The smallest absolute Gasteiger partial charge is 0.303 e. The average molecular weight is 593 g/mol. The number of rotatable bonds is 10. The molecule has 9 heteroatoms. The highest BCUT2D eigenvalue weighted by Gasteiger charge is 2.45. The van der Waals surface area contributed by atoms with Gasteiger partial charge in [-0.1, -0.05) is 55.8 Å². The maximum absolute atomic E-state index is 14.3. The van der Waals surface area contributed by atoms with Gasteiger partial charge in [-0.2, -0.15) is 0 Å². The molecule has 0 radical (unpaired) electrons. The SMILES string of the molecule is COCCO/N=C(\CCC(=O)O)c1nc2ccccc2n(C2CC3CCCC(C2)N3C2CC3CCCCCC(C3)C2)c1=O. The summed E-state index contributed by atoms with van der Waals surface area (Å²) in [6.45, 7) is 0.550. The number of nitrogens with zero attached hydrogens (tertiary/aromatic N) is 4. The third-order valence-corrected chi connectivity index (χ3v) is 10.6. The number of hydrogen-bond donors (Lipinski definition) is 1. The molecule has 4 aliphatic rings. The number of carbonyl (C=O) groups is 1. The summed E-state index contributed by atoms with van der Waals surface area (Å²) in [7, 11) is 1.57. The maximum Gasteiger partial charge on any atom is 0.303 e. The lowest BCUT2D eigenvalue weighted by Gasteiger charge is -2.55. The fourth-order valence-electron chi connectivity index (χ4n) is 8.86. The lowest BCUT2D eigenvalue weighted by atomic mass is 9.70. The summed E-state index contributed by atoms with van der Waals surface area (Å²) >= 11 is 0. The molecule has 2 aliphatic heterocycles. The van der Waals surface area contributed by atoms with Gasteiger partial charge in [0.15, 0.2) is 5.69 Å². The van der Waals surface area contributed by atoms with Gasteiger partial charge in [-0.3, -0.25) is 14.5 Å². The lowest BCUT2D eigenvalue weighted by Crippen LogP contribution is -2.58. The number of methoxy groups -OCH3 is 1. The topological polar surface area (TPSA) is 106 Å². The quantitative estimate of drug-likeness (QED) is 0.207. The second kappa shape index (κ2) is 13.9. The number of oxime groups is 1. The first-order valence-electron chi connectivity index (χ1n) is 16.7. The van der Waals surface area contributed by atoms with Crippen LogP contribution in [-0.4, -0.2) is 69.7 Å². The molecule has 2 saturated carbocycles. The number of aliphatic carboxylic acids is 1. The van der Waals surface area contributed by atoms with Crippen LogP contribution in [-0.2, 0) is 14.4 Å². The Morgan fingerprint density at radius 2 is 1.60 bits per heavy atom. The average Bonchev–Trinajstić information content (AvgIpc) is 2.99. The zero-order valence-electron chi connectivity index (χ0n) is 25.7. The minimum absolute atomic E-state index is 0.0647. The predicted octanol–water partition coefficient (Wildman–Crippen LogP) is 5.94. The number of aromatic nitrogens is 2. The van der Waals surface area contributed by atoms with E-state index in [1.807, 2.05) is 28.8 Å². The van der Waals surface area contributed by atoms with E-state index in [9.17, 15) is 14.7 Å². The van der Waals surface area contributed by atoms with Crippen LogP contribution in [0.2, 0.25) is 0 Å². The summed E-state index contributed by atoms with van der Waals surface area (Å²) in [5.41, 5.74) is 1.83. The van der Waals surface area contributed by atoms with Crippen molar-refractivity contribution in [1.29, 1.82) is 0 Å². The van der Waals surface area contributed by atoms with Crippen LogP contribution in [0.25, 0.3) is 11.0 Å². The Balaban J connectivity index is 1.32. The number of carboxylic acids is 1. The van der Waals surface area contributed by atoms with E-state index in [0.717, 1.165) is 35.7 Å². The van der Waals surface area contributed by atoms with Crippen molar-refractivity contribution in [2.45, 2.75) is 120 Å². The van der Waals surface area contributed by atoms with E-state index in [2.05, 4.69) is 10.1 Å². The molecule has 2 saturated heterocycles. The fourth-order valence-corrected chi connectivity index (χ4v) is 8.86. The van der Waals surface area contributed by atoms with Crippen molar-refractivity contribution >= 4 is 22.7 Å². The van der Waals surface area contributed by atoms with E-state index < -0.39 is 5.97 Å². The molecule has 4 unspecified atom stereocenters. The molecule has 0 amide bonds. The first-order chi connectivity index (χ1) is 21.0. The molecule has 6 rings (SSSR count). The Morgan fingerprint density at radius 1 is 0.884 bits per heavy atom. The predicted molar refractivity (Wildman–Crippen MR) is 166 cm³/mol. The molecule has 4 fully saturated rings. The summed E-state index contributed by atoms with van der Waals surface area (Å²) < 4.78 is 7.02. The monoisotopic (exact) mass is 592 g/mol. The van der Waals surface area contributed by atoms with Crippen molar-refractivity contribution in [2.24, 2.45) is 17.0 Å². The largest absolute Gasteiger partial charge is 0.481 e. The Morgan fingerprint density at radius 3 is 2.30 bits per heavy atom. The lowest BCUT2D eigenvalue weighted by molar-refractivity contribution is -0.136. The van der Waals surface area contributed by atoms with Gasteiger partial charge in [0.05, 0.1) is 24.1 Å². The molecule has 43 heavy (non-hydrogen) atoms. The van der Waals surface area contributed by atoms with Crippen LogP contribution in [0.5, 0.6) is 0 Å². The van der Waals surface area contributed by atoms with E-state index >= 15 is 0 Å². The normalized spacial score (nSPS) is 30.0. The molecule has 2 aromatic rings. The van der Waals surface area contributed by atoms with Gasteiger partial charge in [0.2, 0.25) is 0 Å². The van der Waals surface area contributed by atoms with E-state index in [1.165, 1.54) is 70.6 Å². The zero-order chi connectivity index (χ0) is 29.8. The minimum Gasteiger partial charge on any atom is -0.481 e.